The number of piperidine rings is 1. The summed E-state index contributed by atoms with van der Waals surface area (Å²) in [5.74, 6) is 0.110. The topological polar surface area (TPSA) is 93.9 Å². The lowest BCUT2D eigenvalue weighted by Gasteiger charge is -2.33. The summed E-state index contributed by atoms with van der Waals surface area (Å²) in [6.45, 7) is 14.1. The van der Waals surface area contributed by atoms with Crippen molar-refractivity contribution in [2.45, 2.75) is 72.1 Å². The molecule has 0 unspecified atom stereocenters. The minimum absolute atomic E-state index is 0.227. The van der Waals surface area contributed by atoms with Crippen LogP contribution in [0.5, 0.6) is 0 Å². The van der Waals surface area contributed by atoms with E-state index in [0.29, 0.717) is 23.7 Å². The average Bonchev–Trinajstić information content (AvgIpc) is 2.59. The summed E-state index contributed by atoms with van der Waals surface area (Å²) < 4.78 is 10.8. The molecule has 1 fully saturated rings. The summed E-state index contributed by atoms with van der Waals surface area (Å²) in [6, 6.07) is 5.44. The maximum absolute atomic E-state index is 12.2. The molecule has 0 spiro atoms. The summed E-state index contributed by atoms with van der Waals surface area (Å²) in [5.41, 5.74) is 6.89. The number of ether oxygens (including phenoxy) is 2. The second-order valence-electron chi connectivity index (χ2n) is 9.97. The molecular formula is C23H37N3O4. The van der Waals surface area contributed by atoms with Gasteiger partial charge in [0.1, 0.15) is 11.2 Å². The van der Waals surface area contributed by atoms with Crippen LogP contribution in [0.4, 0.5) is 10.5 Å². The normalized spacial score (nSPS) is 15.7. The third-order valence-corrected chi connectivity index (χ3v) is 4.76. The van der Waals surface area contributed by atoms with Crippen LogP contribution in [0.25, 0.3) is 0 Å². The van der Waals surface area contributed by atoms with Crippen LogP contribution in [0, 0.1) is 5.92 Å². The van der Waals surface area contributed by atoms with E-state index in [1.807, 2.05) is 53.7 Å². The molecule has 1 amide bonds. The number of nitrogens with two attached hydrogens (primary N) is 1. The highest BCUT2D eigenvalue weighted by molar-refractivity contribution is 5.95. The smallest absolute Gasteiger partial charge is 0.410 e. The van der Waals surface area contributed by atoms with Gasteiger partial charge < -0.3 is 25.4 Å². The first-order valence-electron chi connectivity index (χ1n) is 10.6. The lowest BCUT2D eigenvalue weighted by molar-refractivity contribution is 0.00697. The van der Waals surface area contributed by atoms with Crippen LogP contribution >= 0.6 is 0 Å². The van der Waals surface area contributed by atoms with Crippen molar-refractivity contribution in [3.63, 3.8) is 0 Å². The minimum atomic E-state index is -0.553. The Morgan fingerprint density at radius 2 is 1.67 bits per heavy atom. The van der Waals surface area contributed by atoms with Gasteiger partial charge in [0.15, 0.2) is 0 Å². The predicted molar refractivity (Wildman–Crippen MR) is 118 cm³/mol. The number of amides is 1. The predicted octanol–water partition coefficient (Wildman–Crippen LogP) is 3.96. The van der Waals surface area contributed by atoms with E-state index in [-0.39, 0.29) is 6.09 Å². The zero-order chi connectivity index (χ0) is 22.5. The van der Waals surface area contributed by atoms with Crippen LogP contribution < -0.4 is 11.1 Å². The van der Waals surface area contributed by atoms with Crippen LogP contribution in [-0.4, -0.2) is 47.8 Å². The number of carbonyl (C=O) groups is 2. The Bertz CT molecular complexity index is 742. The molecule has 3 N–H and O–H groups in total. The van der Waals surface area contributed by atoms with Gasteiger partial charge in [-0.1, -0.05) is 6.07 Å². The Morgan fingerprint density at radius 3 is 2.20 bits per heavy atom. The molecule has 1 aromatic carbocycles. The molecule has 1 aliphatic heterocycles. The fourth-order valence-corrected chi connectivity index (χ4v) is 3.31. The fourth-order valence-electron chi connectivity index (χ4n) is 3.31. The third kappa shape index (κ3) is 7.86. The molecule has 0 aromatic heterocycles. The van der Waals surface area contributed by atoms with E-state index in [9.17, 15) is 9.59 Å². The molecule has 1 saturated heterocycles. The van der Waals surface area contributed by atoms with Gasteiger partial charge in [-0.2, -0.15) is 0 Å². The van der Waals surface area contributed by atoms with Crippen LogP contribution in [0.15, 0.2) is 18.2 Å². The van der Waals surface area contributed by atoms with Gasteiger partial charge in [0, 0.05) is 25.3 Å². The second kappa shape index (κ2) is 9.69. The summed E-state index contributed by atoms with van der Waals surface area (Å²) in [5, 5.41) is 3.46. The number of esters is 1. The number of nitrogen functional groups attached to an aromatic ring is 1. The highest BCUT2D eigenvalue weighted by atomic mass is 16.6. The first-order chi connectivity index (χ1) is 13.8. The number of nitrogens with zero attached hydrogens (tertiary/aromatic N) is 1. The van der Waals surface area contributed by atoms with Crippen LogP contribution in [0.3, 0.4) is 0 Å². The van der Waals surface area contributed by atoms with Gasteiger partial charge in [-0.05, 0) is 84.5 Å². The van der Waals surface area contributed by atoms with E-state index in [1.54, 1.807) is 11.0 Å². The molecule has 168 valence electrons. The Morgan fingerprint density at radius 1 is 1.07 bits per heavy atom. The number of hydrogen-bond acceptors (Lipinski definition) is 6. The third-order valence-electron chi connectivity index (χ3n) is 4.76. The van der Waals surface area contributed by atoms with Crippen LogP contribution in [0.1, 0.15) is 70.3 Å². The summed E-state index contributed by atoms with van der Waals surface area (Å²) >= 11 is 0. The molecule has 0 saturated carbocycles. The number of likely N-dealkylation sites (tertiary alicyclic amines) is 1. The van der Waals surface area contributed by atoms with E-state index in [1.165, 1.54) is 0 Å². The van der Waals surface area contributed by atoms with E-state index in [0.717, 1.165) is 38.0 Å². The van der Waals surface area contributed by atoms with Gasteiger partial charge in [-0.3, -0.25) is 0 Å². The Hall–Kier alpha value is -2.28. The molecule has 30 heavy (non-hydrogen) atoms. The molecule has 0 radical (unpaired) electrons. The summed E-state index contributed by atoms with van der Waals surface area (Å²) in [6.07, 6.45) is 1.67. The lowest BCUT2D eigenvalue weighted by Crippen LogP contribution is -2.43. The van der Waals surface area contributed by atoms with E-state index in [2.05, 4.69) is 5.32 Å². The Labute approximate surface area is 180 Å². The quantitative estimate of drug-likeness (QED) is 0.554. The highest BCUT2D eigenvalue weighted by Crippen LogP contribution is 2.21. The maximum atomic E-state index is 12.2. The lowest BCUT2D eigenvalue weighted by atomic mass is 9.97. The number of nitrogens with one attached hydrogen (secondary N) is 1. The Balaban J connectivity index is 1.77. The Kier molecular flexibility index (Phi) is 7.75. The van der Waals surface area contributed by atoms with E-state index >= 15 is 0 Å². The van der Waals surface area contributed by atoms with Gasteiger partial charge >= 0.3 is 12.1 Å². The zero-order valence-corrected chi connectivity index (χ0v) is 19.2. The summed E-state index contributed by atoms with van der Waals surface area (Å²) in [7, 11) is 0. The molecule has 1 aromatic rings. The highest BCUT2D eigenvalue weighted by Gasteiger charge is 2.26. The van der Waals surface area contributed by atoms with Crippen molar-refractivity contribution in [2.75, 3.05) is 25.4 Å². The molecule has 0 atom stereocenters. The van der Waals surface area contributed by atoms with Gasteiger partial charge in [-0.15, -0.1) is 0 Å². The van der Waals surface area contributed by atoms with Crippen molar-refractivity contribution in [1.82, 2.24) is 10.2 Å². The van der Waals surface area contributed by atoms with Crippen molar-refractivity contribution < 1.29 is 19.1 Å². The molecule has 1 heterocycles. The largest absolute Gasteiger partial charge is 0.456 e. The van der Waals surface area contributed by atoms with E-state index < -0.39 is 17.2 Å². The number of carbonyl (C=O) groups excluding carboxylic acids is 2. The fraction of sp³-hybridized carbons (Fsp3) is 0.652. The number of benzene rings is 1. The zero-order valence-electron chi connectivity index (χ0n) is 19.2. The van der Waals surface area contributed by atoms with Crippen molar-refractivity contribution in [2.24, 2.45) is 5.92 Å². The van der Waals surface area contributed by atoms with Gasteiger partial charge in [0.25, 0.3) is 0 Å². The number of anilines is 1. The molecule has 1 aliphatic rings. The molecule has 7 heteroatoms. The van der Waals surface area contributed by atoms with Crippen molar-refractivity contribution in [3.8, 4) is 0 Å². The van der Waals surface area contributed by atoms with Crippen molar-refractivity contribution in [3.05, 3.63) is 29.3 Å². The molecule has 2 rings (SSSR count). The average molecular weight is 420 g/mol. The molecular weight excluding hydrogens is 382 g/mol. The summed E-state index contributed by atoms with van der Waals surface area (Å²) in [4.78, 5) is 26.1. The second-order valence-corrected chi connectivity index (χ2v) is 9.97. The molecule has 0 aliphatic carbocycles. The minimum Gasteiger partial charge on any atom is -0.456 e. The number of hydrogen-bond donors (Lipinski definition) is 2. The van der Waals surface area contributed by atoms with Crippen LogP contribution in [0.2, 0.25) is 0 Å². The van der Waals surface area contributed by atoms with Gasteiger partial charge in [0.2, 0.25) is 0 Å². The van der Waals surface area contributed by atoms with Gasteiger partial charge in [-0.25, -0.2) is 9.59 Å². The van der Waals surface area contributed by atoms with Crippen molar-refractivity contribution in [1.29, 1.82) is 0 Å². The van der Waals surface area contributed by atoms with Gasteiger partial charge in [0.05, 0.1) is 5.56 Å². The maximum Gasteiger partial charge on any atom is 0.410 e. The monoisotopic (exact) mass is 419 g/mol. The van der Waals surface area contributed by atoms with Crippen LogP contribution in [-0.2, 0) is 16.0 Å². The standard InChI is InChI=1S/C23H37N3O4/c1-22(2,3)29-20(27)18-8-7-17(13-19(18)24)15-25-14-16-9-11-26(12-10-16)21(28)30-23(4,5)6/h7-8,13,16,25H,9-12,14-15,24H2,1-6H3. The molecule has 0 bridgehead atoms. The van der Waals surface area contributed by atoms with E-state index in [4.69, 9.17) is 15.2 Å². The first-order valence-corrected chi connectivity index (χ1v) is 10.6. The van der Waals surface area contributed by atoms with Crippen molar-refractivity contribution >= 4 is 17.7 Å². The SMILES string of the molecule is CC(C)(C)OC(=O)c1ccc(CNCC2CCN(C(=O)OC(C)(C)C)CC2)cc1N. The first kappa shape index (κ1) is 24.0. The number of rotatable bonds is 5. The molecule has 7 nitrogen and oxygen atoms in total.